The molecule has 0 unspecified atom stereocenters. The van der Waals surface area contributed by atoms with Crippen molar-refractivity contribution in [3.8, 4) is 11.5 Å². The van der Waals surface area contributed by atoms with Crippen LogP contribution in [0.3, 0.4) is 0 Å². The molecule has 28 heavy (non-hydrogen) atoms. The van der Waals surface area contributed by atoms with Crippen molar-refractivity contribution in [2.24, 2.45) is 0 Å². The van der Waals surface area contributed by atoms with E-state index in [0.717, 1.165) is 25.3 Å². The summed E-state index contributed by atoms with van der Waals surface area (Å²) in [6.45, 7) is 5.53. The normalized spacial score (nSPS) is 13.9. The number of aromatic nitrogens is 1. The summed E-state index contributed by atoms with van der Waals surface area (Å²) in [6.07, 6.45) is 2.48. The number of nitrogens with zero attached hydrogens (tertiary/aromatic N) is 2. The minimum atomic E-state index is -0.303. The molecule has 0 saturated carbocycles. The molecule has 0 spiro atoms. The smallest absolute Gasteiger partial charge is 0.255 e. The van der Waals surface area contributed by atoms with Gasteiger partial charge in [0.05, 0.1) is 43.8 Å². The summed E-state index contributed by atoms with van der Waals surface area (Å²) >= 11 is 6.29. The SMILES string of the molecule is CCCOc1c(Cl)cc(C(=O)Nc2ccc(N3CCOCC3)nc2)cc1OC. The van der Waals surface area contributed by atoms with Crippen molar-refractivity contribution in [2.45, 2.75) is 13.3 Å². The third-order valence-electron chi connectivity index (χ3n) is 4.28. The molecule has 1 amide bonds. The third-order valence-corrected chi connectivity index (χ3v) is 4.56. The minimum Gasteiger partial charge on any atom is -0.493 e. The molecule has 8 heteroatoms. The van der Waals surface area contributed by atoms with Crippen molar-refractivity contribution in [3.05, 3.63) is 41.0 Å². The molecule has 7 nitrogen and oxygen atoms in total. The van der Waals surface area contributed by atoms with E-state index in [1.807, 2.05) is 19.1 Å². The molecular weight excluding hydrogens is 382 g/mol. The Kier molecular flexibility index (Phi) is 6.95. The zero-order chi connectivity index (χ0) is 19.9. The second kappa shape index (κ2) is 9.61. The number of rotatable bonds is 7. The van der Waals surface area contributed by atoms with Crippen molar-refractivity contribution in [1.29, 1.82) is 0 Å². The maximum absolute atomic E-state index is 12.6. The Hall–Kier alpha value is -2.51. The number of carbonyl (C=O) groups excluding carboxylic acids is 1. The molecule has 0 atom stereocenters. The second-order valence-electron chi connectivity index (χ2n) is 6.30. The maximum Gasteiger partial charge on any atom is 0.255 e. The van der Waals surface area contributed by atoms with Gasteiger partial charge in [0.25, 0.3) is 5.91 Å². The summed E-state index contributed by atoms with van der Waals surface area (Å²) in [6, 6.07) is 6.89. The number of pyridine rings is 1. The first-order valence-corrected chi connectivity index (χ1v) is 9.60. The van der Waals surface area contributed by atoms with Crippen LogP contribution < -0.4 is 19.7 Å². The van der Waals surface area contributed by atoms with E-state index < -0.39 is 0 Å². The van der Waals surface area contributed by atoms with E-state index in [4.69, 9.17) is 25.8 Å². The number of ether oxygens (including phenoxy) is 3. The molecule has 1 fully saturated rings. The molecule has 0 aliphatic carbocycles. The summed E-state index contributed by atoms with van der Waals surface area (Å²) in [5, 5.41) is 3.16. The van der Waals surface area contributed by atoms with Gasteiger partial charge in [-0.25, -0.2) is 4.98 Å². The van der Waals surface area contributed by atoms with E-state index in [-0.39, 0.29) is 5.91 Å². The number of amides is 1. The Morgan fingerprint density at radius 2 is 2.11 bits per heavy atom. The zero-order valence-corrected chi connectivity index (χ0v) is 16.8. The van der Waals surface area contributed by atoms with Crippen LogP contribution in [-0.4, -0.2) is 50.9 Å². The van der Waals surface area contributed by atoms with Gasteiger partial charge in [0, 0.05) is 18.7 Å². The van der Waals surface area contributed by atoms with Gasteiger partial charge < -0.3 is 24.4 Å². The standard InChI is InChI=1S/C20H24ClN3O4/c1-3-8-28-19-16(21)11-14(12-17(19)26-2)20(25)23-15-4-5-18(22-13-15)24-6-9-27-10-7-24/h4-5,11-13H,3,6-10H2,1-2H3,(H,23,25). The number of anilines is 2. The third kappa shape index (κ3) is 4.85. The van der Waals surface area contributed by atoms with Gasteiger partial charge in [0.2, 0.25) is 0 Å². The van der Waals surface area contributed by atoms with E-state index >= 15 is 0 Å². The van der Waals surface area contributed by atoms with Gasteiger partial charge in [-0.1, -0.05) is 18.5 Å². The first-order valence-electron chi connectivity index (χ1n) is 9.22. The lowest BCUT2D eigenvalue weighted by Crippen LogP contribution is -2.36. The van der Waals surface area contributed by atoms with E-state index in [1.165, 1.54) is 7.11 Å². The van der Waals surface area contributed by atoms with Crippen LogP contribution >= 0.6 is 11.6 Å². The molecule has 2 aromatic rings. The van der Waals surface area contributed by atoms with Crippen LogP contribution in [0.25, 0.3) is 0 Å². The monoisotopic (exact) mass is 405 g/mol. The van der Waals surface area contributed by atoms with E-state index in [9.17, 15) is 4.79 Å². The van der Waals surface area contributed by atoms with Crippen molar-refractivity contribution in [3.63, 3.8) is 0 Å². The zero-order valence-electron chi connectivity index (χ0n) is 16.0. The highest BCUT2D eigenvalue weighted by molar-refractivity contribution is 6.32. The van der Waals surface area contributed by atoms with E-state index in [2.05, 4.69) is 15.2 Å². The van der Waals surface area contributed by atoms with Crippen molar-refractivity contribution >= 4 is 29.0 Å². The van der Waals surface area contributed by atoms with Gasteiger partial charge in [-0.2, -0.15) is 0 Å². The average molecular weight is 406 g/mol. The summed E-state index contributed by atoms with van der Waals surface area (Å²) < 4.78 is 16.3. The molecule has 2 heterocycles. The van der Waals surface area contributed by atoms with E-state index in [1.54, 1.807) is 18.3 Å². The number of morpholine rings is 1. The van der Waals surface area contributed by atoms with Crippen LogP contribution in [-0.2, 0) is 4.74 Å². The van der Waals surface area contributed by atoms with Gasteiger partial charge in [-0.3, -0.25) is 4.79 Å². The minimum absolute atomic E-state index is 0.303. The maximum atomic E-state index is 12.6. The van der Waals surface area contributed by atoms with Crippen LogP contribution in [0.5, 0.6) is 11.5 Å². The largest absolute Gasteiger partial charge is 0.493 e. The van der Waals surface area contributed by atoms with Gasteiger partial charge >= 0.3 is 0 Å². The molecule has 1 aromatic carbocycles. The van der Waals surface area contributed by atoms with Crippen LogP contribution in [0.1, 0.15) is 23.7 Å². The predicted octanol–water partition coefficient (Wildman–Crippen LogP) is 3.62. The summed E-state index contributed by atoms with van der Waals surface area (Å²) in [4.78, 5) is 19.2. The van der Waals surface area contributed by atoms with Crippen molar-refractivity contribution in [1.82, 2.24) is 4.98 Å². The fraction of sp³-hybridized carbons (Fsp3) is 0.400. The summed E-state index contributed by atoms with van der Waals surface area (Å²) in [7, 11) is 1.51. The van der Waals surface area contributed by atoms with Crippen LogP contribution in [0.4, 0.5) is 11.5 Å². The summed E-state index contributed by atoms with van der Waals surface area (Å²) in [5.41, 5.74) is 0.978. The average Bonchev–Trinajstić information content (AvgIpc) is 2.73. The second-order valence-corrected chi connectivity index (χ2v) is 6.70. The van der Waals surface area contributed by atoms with E-state index in [0.29, 0.717) is 47.6 Å². The molecule has 1 aromatic heterocycles. The first kappa shape index (κ1) is 20.2. The summed E-state index contributed by atoms with van der Waals surface area (Å²) in [5.74, 6) is 1.43. The van der Waals surface area contributed by atoms with Crippen LogP contribution in [0.2, 0.25) is 5.02 Å². The predicted molar refractivity (Wildman–Crippen MR) is 109 cm³/mol. The quantitative estimate of drug-likeness (QED) is 0.758. The fourth-order valence-electron chi connectivity index (χ4n) is 2.84. The van der Waals surface area contributed by atoms with Crippen LogP contribution in [0, 0.1) is 0 Å². The molecule has 0 radical (unpaired) electrons. The highest BCUT2D eigenvalue weighted by Crippen LogP contribution is 2.36. The van der Waals surface area contributed by atoms with Gasteiger partial charge in [0.15, 0.2) is 11.5 Å². The lowest BCUT2D eigenvalue weighted by molar-refractivity contribution is 0.102. The topological polar surface area (TPSA) is 72.9 Å². The number of benzene rings is 1. The van der Waals surface area contributed by atoms with Gasteiger partial charge in [0.1, 0.15) is 5.82 Å². The fourth-order valence-corrected chi connectivity index (χ4v) is 3.10. The number of halogens is 1. The lowest BCUT2D eigenvalue weighted by atomic mass is 10.2. The number of hydrogen-bond donors (Lipinski definition) is 1. The Morgan fingerprint density at radius 3 is 2.75 bits per heavy atom. The molecule has 1 aliphatic rings. The first-order chi connectivity index (χ1) is 13.6. The molecule has 1 N–H and O–H groups in total. The molecule has 0 bridgehead atoms. The van der Waals surface area contributed by atoms with Crippen LogP contribution in [0.15, 0.2) is 30.5 Å². The molecule has 3 rings (SSSR count). The number of hydrogen-bond acceptors (Lipinski definition) is 6. The highest BCUT2D eigenvalue weighted by atomic mass is 35.5. The number of methoxy groups -OCH3 is 1. The highest BCUT2D eigenvalue weighted by Gasteiger charge is 2.17. The van der Waals surface area contributed by atoms with Gasteiger partial charge in [-0.15, -0.1) is 0 Å². The Balaban J connectivity index is 1.71. The number of nitrogens with one attached hydrogen (secondary N) is 1. The van der Waals surface area contributed by atoms with Gasteiger partial charge in [-0.05, 0) is 30.7 Å². The lowest BCUT2D eigenvalue weighted by Gasteiger charge is -2.27. The van der Waals surface area contributed by atoms with Crippen molar-refractivity contribution in [2.75, 3.05) is 50.2 Å². The molecule has 1 saturated heterocycles. The van der Waals surface area contributed by atoms with Crippen molar-refractivity contribution < 1.29 is 19.0 Å². The Labute approximate surface area is 169 Å². The molecular formula is C20H24ClN3O4. The Morgan fingerprint density at radius 1 is 1.32 bits per heavy atom. The Bertz CT molecular complexity index is 808. The molecule has 150 valence electrons. The number of carbonyl (C=O) groups is 1. The molecule has 1 aliphatic heterocycles.